The normalized spacial score (nSPS) is 36.4. The Hall–Kier alpha value is -0.650. The maximum absolute atomic E-state index is 11.4. The van der Waals surface area contributed by atoms with Gasteiger partial charge in [-0.3, -0.25) is 4.79 Å². The highest BCUT2D eigenvalue weighted by Crippen LogP contribution is 2.34. The molecule has 16 heavy (non-hydrogen) atoms. The number of esters is 1. The maximum Gasteiger partial charge on any atom is 0.311 e. The molecule has 0 amide bonds. The van der Waals surface area contributed by atoms with Gasteiger partial charge in [-0.15, -0.1) is 0 Å². The number of hydrogen-bond acceptors (Lipinski definition) is 5. The average Bonchev–Trinajstić information content (AvgIpc) is 2.52. The van der Waals surface area contributed by atoms with E-state index in [2.05, 4.69) is 4.74 Å². The highest BCUT2D eigenvalue weighted by molar-refractivity contribution is 5.73. The van der Waals surface area contributed by atoms with Crippen LogP contribution in [-0.2, 0) is 9.53 Å². The Balaban J connectivity index is 2.78. The van der Waals surface area contributed by atoms with Crippen molar-refractivity contribution in [3.05, 3.63) is 0 Å². The molecule has 0 bridgehead atoms. The Labute approximate surface area is 96.1 Å². The number of aliphatic hydroxyl groups is 1. The van der Waals surface area contributed by atoms with E-state index in [0.29, 0.717) is 6.42 Å². The molecule has 1 saturated carbocycles. The monoisotopic (exact) mass is 230 g/mol. The lowest BCUT2D eigenvalue weighted by molar-refractivity contribution is -0.149. The Morgan fingerprint density at radius 2 is 2.06 bits per heavy atom. The fraction of sp³-hybridized carbons (Fsp3) is 0.909. The number of rotatable bonds is 3. The summed E-state index contributed by atoms with van der Waals surface area (Å²) in [7, 11) is 1.32. The van der Waals surface area contributed by atoms with E-state index in [-0.39, 0.29) is 23.9 Å². The number of carbonyl (C=O) groups is 1. The molecule has 0 heterocycles. The standard InChI is InChI=1S/C11H22N2O3/c1-5(2)9(13)8-7(12)4-6(10(8)14)11(15)16-3/h5-10,14H,4,12-13H2,1-3H3/t6?,7?,8-,9?,10?/m1/s1. The number of methoxy groups -OCH3 is 1. The maximum atomic E-state index is 11.4. The van der Waals surface area contributed by atoms with Crippen molar-refractivity contribution in [2.75, 3.05) is 7.11 Å². The largest absolute Gasteiger partial charge is 0.469 e. The van der Waals surface area contributed by atoms with E-state index < -0.39 is 18.0 Å². The molecule has 5 heteroatoms. The molecule has 1 rings (SSSR count). The number of carbonyl (C=O) groups excluding carboxylic acids is 1. The second kappa shape index (κ2) is 5.12. The molecule has 94 valence electrons. The van der Waals surface area contributed by atoms with E-state index >= 15 is 0 Å². The molecule has 0 spiro atoms. The molecule has 5 atom stereocenters. The summed E-state index contributed by atoms with van der Waals surface area (Å²) < 4.78 is 4.65. The summed E-state index contributed by atoms with van der Waals surface area (Å²) in [6.07, 6.45) is -0.348. The van der Waals surface area contributed by atoms with Crippen LogP contribution in [-0.4, -0.2) is 36.4 Å². The van der Waals surface area contributed by atoms with Crippen molar-refractivity contribution < 1.29 is 14.6 Å². The molecule has 1 aliphatic rings. The first-order chi connectivity index (χ1) is 7.40. The number of aliphatic hydroxyl groups excluding tert-OH is 1. The minimum absolute atomic E-state index is 0.195. The van der Waals surface area contributed by atoms with Gasteiger partial charge in [-0.25, -0.2) is 0 Å². The van der Waals surface area contributed by atoms with Crippen LogP contribution in [0.25, 0.3) is 0 Å². The fourth-order valence-corrected chi connectivity index (χ4v) is 2.46. The Morgan fingerprint density at radius 3 is 2.50 bits per heavy atom. The second-order valence-corrected chi connectivity index (χ2v) is 4.92. The molecule has 0 aromatic carbocycles. The minimum Gasteiger partial charge on any atom is -0.469 e. The van der Waals surface area contributed by atoms with Crippen LogP contribution in [0.3, 0.4) is 0 Å². The Bertz CT molecular complexity index is 258. The molecule has 0 radical (unpaired) electrons. The minimum atomic E-state index is -0.792. The van der Waals surface area contributed by atoms with E-state index in [1.807, 2.05) is 13.8 Å². The van der Waals surface area contributed by atoms with Crippen LogP contribution in [0, 0.1) is 17.8 Å². The first kappa shape index (κ1) is 13.4. The average molecular weight is 230 g/mol. The third-order valence-corrected chi connectivity index (χ3v) is 3.55. The molecule has 4 unspecified atom stereocenters. The lowest BCUT2D eigenvalue weighted by atomic mass is 9.85. The summed E-state index contributed by atoms with van der Waals surface area (Å²) in [6.45, 7) is 3.96. The zero-order valence-corrected chi connectivity index (χ0v) is 10.1. The molecule has 1 aliphatic carbocycles. The number of ether oxygens (including phenoxy) is 1. The first-order valence-corrected chi connectivity index (χ1v) is 5.67. The molecule has 5 nitrogen and oxygen atoms in total. The Kier molecular flexibility index (Phi) is 4.29. The fourth-order valence-electron chi connectivity index (χ4n) is 2.46. The van der Waals surface area contributed by atoms with E-state index in [1.165, 1.54) is 7.11 Å². The topological polar surface area (TPSA) is 98.6 Å². The van der Waals surface area contributed by atoms with Gasteiger partial charge in [-0.2, -0.15) is 0 Å². The van der Waals surface area contributed by atoms with Crippen molar-refractivity contribution in [2.24, 2.45) is 29.2 Å². The van der Waals surface area contributed by atoms with Crippen molar-refractivity contribution >= 4 is 5.97 Å². The van der Waals surface area contributed by atoms with E-state index in [9.17, 15) is 9.90 Å². The smallest absolute Gasteiger partial charge is 0.311 e. The lowest BCUT2D eigenvalue weighted by Gasteiger charge is -2.29. The molecule has 0 aliphatic heterocycles. The van der Waals surface area contributed by atoms with Crippen LogP contribution in [0.1, 0.15) is 20.3 Å². The first-order valence-electron chi connectivity index (χ1n) is 5.67. The Morgan fingerprint density at radius 1 is 1.50 bits per heavy atom. The van der Waals surface area contributed by atoms with Crippen molar-refractivity contribution in [1.29, 1.82) is 0 Å². The predicted octanol–water partition coefficient (Wildman–Crippen LogP) is -0.533. The van der Waals surface area contributed by atoms with Gasteiger partial charge in [0.05, 0.1) is 19.1 Å². The van der Waals surface area contributed by atoms with Crippen molar-refractivity contribution in [1.82, 2.24) is 0 Å². The van der Waals surface area contributed by atoms with E-state index in [0.717, 1.165) is 0 Å². The lowest BCUT2D eigenvalue weighted by Crippen LogP contribution is -2.47. The SMILES string of the molecule is COC(=O)C1CC(N)[C@H](C(N)C(C)C)C1O. The second-order valence-electron chi connectivity index (χ2n) is 4.92. The summed E-state index contributed by atoms with van der Waals surface area (Å²) in [4.78, 5) is 11.4. The summed E-state index contributed by atoms with van der Waals surface area (Å²) in [5, 5.41) is 10.1. The predicted molar refractivity (Wildman–Crippen MR) is 60.4 cm³/mol. The van der Waals surface area contributed by atoms with Crippen LogP contribution in [0.5, 0.6) is 0 Å². The summed E-state index contributed by atoms with van der Waals surface area (Å²) in [6, 6.07) is -0.434. The molecule has 0 saturated heterocycles. The highest BCUT2D eigenvalue weighted by Gasteiger charge is 2.47. The molecule has 0 aromatic heterocycles. The number of nitrogens with two attached hydrogens (primary N) is 2. The van der Waals surface area contributed by atoms with Crippen LogP contribution < -0.4 is 11.5 Å². The third-order valence-electron chi connectivity index (χ3n) is 3.55. The van der Waals surface area contributed by atoms with Gasteiger partial charge in [0.25, 0.3) is 0 Å². The zero-order chi connectivity index (χ0) is 12.5. The van der Waals surface area contributed by atoms with Crippen LogP contribution in [0.2, 0.25) is 0 Å². The van der Waals surface area contributed by atoms with Gasteiger partial charge in [-0.05, 0) is 12.3 Å². The third kappa shape index (κ3) is 2.36. The van der Waals surface area contributed by atoms with Crippen molar-refractivity contribution in [3.63, 3.8) is 0 Å². The van der Waals surface area contributed by atoms with Gasteiger partial charge in [0, 0.05) is 18.0 Å². The van der Waals surface area contributed by atoms with Crippen molar-refractivity contribution in [3.8, 4) is 0 Å². The van der Waals surface area contributed by atoms with E-state index in [1.54, 1.807) is 0 Å². The summed E-state index contributed by atoms with van der Waals surface area (Å²) >= 11 is 0. The van der Waals surface area contributed by atoms with Crippen LogP contribution in [0.4, 0.5) is 0 Å². The van der Waals surface area contributed by atoms with Gasteiger partial charge in [0.2, 0.25) is 0 Å². The summed E-state index contributed by atoms with van der Waals surface area (Å²) in [5.41, 5.74) is 12.0. The van der Waals surface area contributed by atoms with Crippen LogP contribution >= 0.6 is 0 Å². The zero-order valence-electron chi connectivity index (χ0n) is 10.1. The van der Waals surface area contributed by atoms with E-state index in [4.69, 9.17) is 11.5 Å². The van der Waals surface area contributed by atoms with Gasteiger partial charge >= 0.3 is 5.97 Å². The van der Waals surface area contributed by atoms with Gasteiger partial charge in [-0.1, -0.05) is 13.8 Å². The quantitative estimate of drug-likeness (QED) is 0.566. The van der Waals surface area contributed by atoms with Gasteiger partial charge in [0.1, 0.15) is 0 Å². The highest BCUT2D eigenvalue weighted by atomic mass is 16.5. The van der Waals surface area contributed by atoms with Gasteiger partial charge < -0.3 is 21.3 Å². The molecular weight excluding hydrogens is 208 g/mol. The van der Waals surface area contributed by atoms with Crippen LogP contribution in [0.15, 0.2) is 0 Å². The molecular formula is C11H22N2O3. The van der Waals surface area contributed by atoms with Gasteiger partial charge in [0.15, 0.2) is 0 Å². The molecule has 0 aromatic rings. The summed E-state index contributed by atoms with van der Waals surface area (Å²) in [5.74, 6) is -0.942. The molecule has 1 fully saturated rings. The van der Waals surface area contributed by atoms with Crippen molar-refractivity contribution in [2.45, 2.75) is 38.5 Å². The number of hydrogen-bond donors (Lipinski definition) is 3. The molecule has 5 N–H and O–H groups in total.